The Bertz CT molecular complexity index is 625. The Morgan fingerprint density at radius 3 is 2.56 bits per heavy atom. The number of halogens is 1. The molecule has 0 radical (unpaired) electrons. The second-order valence-electron chi connectivity index (χ2n) is 6.73. The van der Waals surface area contributed by atoms with Crippen molar-refractivity contribution in [2.24, 2.45) is 0 Å². The summed E-state index contributed by atoms with van der Waals surface area (Å²) in [5.41, 5.74) is 1.88. The summed E-state index contributed by atoms with van der Waals surface area (Å²) < 4.78 is 20.3. The van der Waals surface area contributed by atoms with Crippen LogP contribution in [0.3, 0.4) is 0 Å². The van der Waals surface area contributed by atoms with Gasteiger partial charge in [-0.1, -0.05) is 12.2 Å². The normalized spacial score (nSPS) is 20.3. The van der Waals surface area contributed by atoms with Crippen LogP contribution in [-0.2, 0) is 4.74 Å². The Hall–Kier alpha value is -2.08. The molecule has 0 bridgehead atoms. The minimum atomic E-state index is -0.345. The molecular formula is C19H28FN3O2. The molecule has 1 aromatic rings. The van der Waals surface area contributed by atoms with Gasteiger partial charge >= 0.3 is 6.03 Å². The van der Waals surface area contributed by atoms with Gasteiger partial charge in [-0.15, -0.1) is 0 Å². The van der Waals surface area contributed by atoms with Crippen LogP contribution in [-0.4, -0.2) is 49.3 Å². The van der Waals surface area contributed by atoms with E-state index >= 15 is 0 Å². The van der Waals surface area contributed by atoms with Crippen molar-refractivity contribution in [3.05, 3.63) is 36.2 Å². The molecule has 2 atom stereocenters. The van der Waals surface area contributed by atoms with Gasteiger partial charge in [0.2, 0.25) is 0 Å². The minimum Gasteiger partial charge on any atom is -0.372 e. The molecule has 1 N–H and O–H groups in total. The van der Waals surface area contributed by atoms with Crippen molar-refractivity contribution in [2.75, 3.05) is 36.4 Å². The number of morpholine rings is 1. The molecule has 138 valence electrons. The lowest BCUT2D eigenvalue weighted by Gasteiger charge is -2.37. The highest BCUT2D eigenvalue weighted by molar-refractivity contribution is 5.89. The predicted octanol–water partition coefficient (Wildman–Crippen LogP) is 3.87. The Kier molecular flexibility index (Phi) is 6.42. The average molecular weight is 349 g/mol. The molecule has 2 rings (SSSR count). The maximum atomic E-state index is 14.6. The zero-order valence-electron chi connectivity index (χ0n) is 15.5. The number of hydrogen-bond donors (Lipinski definition) is 1. The zero-order valence-corrected chi connectivity index (χ0v) is 15.5. The van der Waals surface area contributed by atoms with Crippen molar-refractivity contribution < 1.29 is 13.9 Å². The van der Waals surface area contributed by atoms with Crippen molar-refractivity contribution in [2.45, 2.75) is 39.9 Å². The Morgan fingerprint density at radius 1 is 1.40 bits per heavy atom. The van der Waals surface area contributed by atoms with Crippen LogP contribution in [0, 0.1) is 5.82 Å². The topological polar surface area (TPSA) is 44.8 Å². The summed E-state index contributed by atoms with van der Waals surface area (Å²) in [7, 11) is 0. The van der Waals surface area contributed by atoms with E-state index in [0.717, 1.165) is 5.57 Å². The van der Waals surface area contributed by atoms with Gasteiger partial charge in [-0.2, -0.15) is 0 Å². The maximum absolute atomic E-state index is 14.6. The monoisotopic (exact) mass is 349 g/mol. The Balaban J connectivity index is 2.08. The molecule has 1 aliphatic rings. The number of ether oxygens (including phenoxy) is 1. The number of nitrogens with one attached hydrogen (secondary N) is 1. The van der Waals surface area contributed by atoms with Crippen LogP contribution in [0.2, 0.25) is 0 Å². The van der Waals surface area contributed by atoms with Crippen LogP contribution >= 0.6 is 0 Å². The van der Waals surface area contributed by atoms with Gasteiger partial charge in [-0.3, -0.25) is 0 Å². The van der Waals surface area contributed by atoms with Crippen molar-refractivity contribution >= 4 is 17.4 Å². The van der Waals surface area contributed by atoms with Gasteiger partial charge in [0, 0.05) is 31.9 Å². The van der Waals surface area contributed by atoms with E-state index < -0.39 is 0 Å². The molecule has 0 aromatic heterocycles. The first-order chi connectivity index (χ1) is 11.8. The summed E-state index contributed by atoms with van der Waals surface area (Å²) in [5, 5.41) is 2.75. The van der Waals surface area contributed by atoms with Gasteiger partial charge in [-0.25, -0.2) is 9.18 Å². The first-order valence-electron chi connectivity index (χ1n) is 8.70. The van der Waals surface area contributed by atoms with Crippen LogP contribution in [0.5, 0.6) is 0 Å². The molecule has 1 fully saturated rings. The second kappa shape index (κ2) is 8.34. The van der Waals surface area contributed by atoms with E-state index in [0.29, 0.717) is 37.6 Å². The van der Waals surface area contributed by atoms with E-state index in [4.69, 9.17) is 4.74 Å². The summed E-state index contributed by atoms with van der Waals surface area (Å²) in [6, 6.07) is 4.55. The van der Waals surface area contributed by atoms with E-state index in [-0.39, 0.29) is 24.1 Å². The number of hydrogen-bond acceptors (Lipinski definition) is 3. The molecule has 0 unspecified atom stereocenters. The number of carbonyl (C=O) groups excluding carboxylic acids is 1. The van der Waals surface area contributed by atoms with Gasteiger partial charge in [-0.05, 0) is 45.9 Å². The Morgan fingerprint density at radius 2 is 2.04 bits per heavy atom. The standard InChI is InChI=1S/C19H28FN3O2/c1-6-22(10-13(2)3)19(24)21-16-7-8-18(17(20)9-16)23-11-14(4)25-15(5)12-23/h7-9,14-15H,2,6,10-12H2,1,3-5H3,(H,21,24)/t14-,15+. The molecule has 0 aliphatic carbocycles. The fraction of sp³-hybridized carbons (Fsp3) is 0.526. The summed E-state index contributed by atoms with van der Waals surface area (Å²) in [4.78, 5) is 15.9. The van der Waals surface area contributed by atoms with Crippen LogP contribution in [0.4, 0.5) is 20.6 Å². The molecular weight excluding hydrogens is 321 g/mol. The lowest BCUT2D eigenvalue weighted by Crippen LogP contribution is -2.45. The van der Waals surface area contributed by atoms with Gasteiger partial charge in [0.15, 0.2) is 0 Å². The predicted molar refractivity (Wildman–Crippen MR) is 99.7 cm³/mol. The quantitative estimate of drug-likeness (QED) is 0.821. The smallest absolute Gasteiger partial charge is 0.322 e. The first kappa shape index (κ1) is 19.2. The third-order valence-corrected chi connectivity index (χ3v) is 4.09. The zero-order chi connectivity index (χ0) is 18.6. The van der Waals surface area contributed by atoms with Gasteiger partial charge in [0.1, 0.15) is 5.82 Å². The molecule has 1 saturated heterocycles. The number of carbonyl (C=O) groups is 1. The number of benzene rings is 1. The van der Waals surface area contributed by atoms with Crippen LogP contribution in [0.15, 0.2) is 30.4 Å². The number of amides is 2. The van der Waals surface area contributed by atoms with E-state index in [1.165, 1.54) is 6.07 Å². The maximum Gasteiger partial charge on any atom is 0.322 e. The van der Waals surface area contributed by atoms with Crippen LogP contribution in [0.25, 0.3) is 0 Å². The van der Waals surface area contributed by atoms with E-state index in [1.54, 1.807) is 17.0 Å². The highest BCUT2D eigenvalue weighted by Crippen LogP contribution is 2.26. The molecule has 0 spiro atoms. The lowest BCUT2D eigenvalue weighted by atomic mass is 10.2. The van der Waals surface area contributed by atoms with E-state index in [2.05, 4.69) is 11.9 Å². The van der Waals surface area contributed by atoms with E-state index in [1.807, 2.05) is 32.6 Å². The number of nitrogens with zero attached hydrogens (tertiary/aromatic N) is 2. The van der Waals surface area contributed by atoms with Crippen molar-refractivity contribution in [1.82, 2.24) is 4.90 Å². The fourth-order valence-corrected chi connectivity index (χ4v) is 3.07. The third-order valence-electron chi connectivity index (χ3n) is 4.09. The molecule has 1 heterocycles. The summed E-state index contributed by atoms with van der Waals surface area (Å²) in [5.74, 6) is -0.345. The van der Waals surface area contributed by atoms with E-state index in [9.17, 15) is 9.18 Å². The molecule has 6 heteroatoms. The molecule has 1 aromatic carbocycles. The van der Waals surface area contributed by atoms with Gasteiger partial charge < -0.3 is 19.9 Å². The SMILES string of the molecule is C=C(C)CN(CC)C(=O)Nc1ccc(N2C[C@@H](C)O[C@@H](C)C2)c(F)c1. The lowest BCUT2D eigenvalue weighted by molar-refractivity contribution is -0.00539. The fourth-order valence-electron chi connectivity index (χ4n) is 3.07. The molecule has 5 nitrogen and oxygen atoms in total. The highest BCUT2D eigenvalue weighted by atomic mass is 19.1. The summed E-state index contributed by atoms with van der Waals surface area (Å²) >= 11 is 0. The van der Waals surface area contributed by atoms with Gasteiger partial charge in [0.05, 0.1) is 17.9 Å². The van der Waals surface area contributed by atoms with Crippen molar-refractivity contribution in [1.29, 1.82) is 0 Å². The van der Waals surface area contributed by atoms with Crippen molar-refractivity contribution in [3.8, 4) is 0 Å². The summed E-state index contributed by atoms with van der Waals surface area (Å²) in [6.45, 7) is 13.9. The second-order valence-corrected chi connectivity index (χ2v) is 6.73. The largest absolute Gasteiger partial charge is 0.372 e. The van der Waals surface area contributed by atoms with Crippen LogP contribution < -0.4 is 10.2 Å². The average Bonchev–Trinajstić information content (AvgIpc) is 2.51. The first-order valence-corrected chi connectivity index (χ1v) is 8.70. The number of anilines is 2. The molecule has 1 aliphatic heterocycles. The number of urea groups is 1. The number of rotatable bonds is 5. The molecule has 0 saturated carbocycles. The number of likely N-dealkylation sites (N-methyl/N-ethyl adjacent to an activating group) is 1. The Labute approximate surface area is 149 Å². The highest BCUT2D eigenvalue weighted by Gasteiger charge is 2.24. The molecule has 2 amide bonds. The van der Waals surface area contributed by atoms with Crippen molar-refractivity contribution in [3.63, 3.8) is 0 Å². The minimum absolute atomic E-state index is 0.0581. The van der Waals surface area contributed by atoms with Gasteiger partial charge in [0.25, 0.3) is 0 Å². The third kappa shape index (κ3) is 5.19. The summed E-state index contributed by atoms with van der Waals surface area (Å²) in [6.07, 6.45) is 0.116. The van der Waals surface area contributed by atoms with Crippen LogP contribution in [0.1, 0.15) is 27.7 Å². The molecule has 25 heavy (non-hydrogen) atoms.